The van der Waals surface area contributed by atoms with Crippen LogP contribution in [0.2, 0.25) is 0 Å². The quantitative estimate of drug-likeness (QED) is 0.861. The maximum absolute atomic E-state index is 12.1. The zero-order valence-electron chi connectivity index (χ0n) is 12.8. The summed E-state index contributed by atoms with van der Waals surface area (Å²) in [4.78, 5) is 28.1. The van der Waals surface area contributed by atoms with Crippen LogP contribution in [0.5, 0.6) is 0 Å². The summed E-state index contributed by atoms with van der Waals surface area (Å²) in [6.07, 6.45) is 0.485. The third-order valence-electron chi connectivity index (χ3n) is 3.93. The minimum absolute atomic E-state index is 0.0726. The Morgan fingerprint density at radius 2 is 2.14 bits per heavy atom. The molecule has 0 aliphatic carbocycles. The molecule has 0 fully saturated rings. The molecule has 1 aliphatic heterocycles. The zero-order chi connectivity index (χ0) is 15.6. The zero-order valence-corrected chi connectivity index (χ0v) is 12.8. The van der Waals surface area contributed by atoms with Crippen LogP contribution in [0, 0.1) is 5.92 Å². The molecule has 112 valence electrons. The summed E-state index contributed by atoms with van der Waals surface area (Å²) < 4.78 is 4.70. The van der Waals surface area contributed by atoms with Crippen LogP contribution in [0.1, 0.15) is 36.7 Å². The monoisotopic (exact) mass is 288 g/mol. The molecule has 5 nitrogen and oxygen atoms in total. The van der Waals surface area contributed by atoms with Crippen LogP contribution >= 0.6 is 0 Å². The van der Waals surface area contributed by atoms with E-state index in [1.54, 1.807) is 18.2 Å². The lowest BCUT2D eigenvalue weighted by molar-refractivity contribution is -0.124. The summed E-state index contributed by atoms with van der Waals surface area (Å²) in [7, 11) is 1.35. The fourth-order valence-electron chi connectivity index (χ4n) is 2.21. The number of rotatable bonds is 4. The Morgan fingerprint density at radius 3 is 2.71 bits per heavy atom. The molecule has 0 bridgehead atoms. The lowest BCUT2D eigenvalue weighted by Crippen LogP contribution is -2.41. The van der Waals surface area contributed by atoms with Gasteiger partial charge < -0.3 is 10.1 Å². The van der Waals surface area contributed by atoms with E-state index in [0.717, 1.165) is 5.56 Å². The number of aliphatic imine (C=N–C) groups is 1. The third kappa shape index (κ3) is 2.96. The summed E-state index contributed by atoms with van der Waals surface area (Å²) in [5, 5.41) is 2.83. The van der Waals surface area contributed by atoms with E-state index in [9.17, 15) is 9.59 Å². The van der Waals surface area contributed by atoms with Crippen molar-refractivity contribution in [2.24, 2.45) is 10.9 Å². The lowest BCUT2D eigenvalue weighted by Gasteiger charge is -2.21. The standard InChI is InChI=1S/C16H20N2O3/c1-10(2)16(3)15(20)17-13(18-16)9-11-6-5-7-12(8-11)14(19)21-4/h5-8,10H,9H2,1-4H3,(H,17,18,20). The van der Waals surface area contributed by atoms with E-state index < -0.39 is 5.54 Å². The van der Waals surface area contributed by atoms with Gasteiger partial charge in [0.1, 0.15) is 11.4 Å². The van der Waals surface area contributed by atoms with Crippen LogP contribution in [-0.2, 0) is 16.0 Å². The van der Waals surface area contributed by atoms with Crippen molar-refractivity contribution in [1.82, 2.24) is 5.32 Å². The van der Waals surface area contributed by atoms with E-state index in [-0.39, 0.29) is 17.8 Å². The number of methoxy groups -OCH3 is 1. The van der Waals surface area contributed by atoms with E-state index in [4.69, 9.17) is 4.74 Å². The van der Waals surface area contributed by atoms with Gasteiger partial charge in [-0.3, -0.25) is 9.79 Å². The molecule has 0 radical (unpaired) electrons. The fraction of sp³-hybridized carbons (Fsp3) is 0.438. The molecule has 1 aliphatic rings. The molecule has 0 saturated heterocycles. The Balaban J connectivity index is 2.20. The average molecular weight is 288 g/mol. The number of ether oxygens (including phenoxy) is 1. The molecule has 5 heteroatoms. The van der Waals surface area contributed by atoms with E-state index in [1.807, 2.05) is 26.8 Å². The molecule has 1 aromatic carbocycles. The summed E-state index contributed by atoms with van der Waals surface area (Å²) in [6.45, 7) is 5.79. The van der Waals surface area contributed by atoms with Crippen molar-refractivity contribution >= 4 is 17.7 Å². The molecule has 1 atom stereocenters. The van der Waals surface area contributed by atoms with Gasteiger partial charge >= 0.3 is 5.97 Å². The van der Waals surface area contributed by atoms with Gasteiger partial charge in [0.05, 0.1) is 12.7 Å². The molecule has 1 amide bonds. The topological polar surface area (TPSA) is 67.8 Å². The highest BCUT2D eigenvalue weighted by Gasteiger charge is 2.41. The van der Waals surface area contributed by atoms with Crippen molar-refractivity contribution in [3.8, 4) is 0 Å². The highest BCUT2D eigenvalue weighted by molar-refractivity contribution is 6.08. The summed E-state index contributed by atoms with van der Waals surface area (Å²) in [6, 6.07) is 7.14. The van der Waals surface area contributed by atoms with Gasteiger partial charge in [0.25, 0.3) is 5.91 Å². The molecule has 0 spiro atoms. The van der Waals surface area contributed by atoms with Crippen molar-refractivity contribution in [1.29, 1.82) is 0 Å². The largest absolute Gasteiger partial charge is 0.465 e. The molecule has 21 heavy (non-hydrogen) atoms. The molecule has 2 rings (SSSR count). The second-order valence-electron chi connectivity index (χ2n) is 5.68. The smallest absolute Gasteiger partial charge is 0.337 e. The van der Waals surface area contributed by atoms with Crippen LogP contribution in [0.3, 0.4) is 0 Å². The third-order valence-corrected chi connectivity index (χ3v) is 3.93. The van der Waals surface area contributed by atoms with Gasteiger partial charge in [-0.15, -0.1) is 0 Å². The Bertz CT molecular complexity index is 607. The van der Waals surface area contributed by atoms with Crippen molar-refractivity contribution in [2.75, 3.05) is 7.11 Å². The first kappa shape index (κ1) is 15.2. The number of carbonyl (C=O) groups is 2. The summed E-state index contributed by atoms with van der Waals surface area (Å²) in [5.74, 6) is 0.313. The van der Waals surface area contributed by atoms with Crippen LogP contribution in [-0.4, -0.2) is 30.4 Å². The Kier molecular flexibility index (Phi) is 4.11. The minimum atomic E-state index is -0.713. The molecule has 1 heterocycles. The predicted molar refractivity (Wildman–Crippen MR) is 80.3 cm³/mol. The first-order valence-corrected chi connectivity index (χ1v) is 6.94. The van der Waals surface area contributed by atoms with Gasteiger partial charge in [-0.1, -0.05) is 26.0 Å². The van der Waals surface area contributed by atoms with Crippen LogP contribution in [0.4, 0.5) is 0 Å². The molecule has 1 unspecified atom stereocenters. The van der Waals surface area contributed by atoms with Crippen molar-refractivity contribution < 1.29 is 14.3 Å². The van der Waals surface area contributed by atoms with Crippen LogP contribution < -0.4 is 5.32 Å². The van der Waals surface area contributed by atoms with Gasteiger partial charge in [-0.05, 0) is 30.5 Å². The van der Waals surface area contributed by atoms with E-state index in [1.165, 1.54) is 7.11 Å². The highest BCUT2D eigenvalue weighted by atomic mass is 16.5. The number of esters is 1. The number of carbonyl (C=O) groups excluding carboxylic acids is 2. The van der Waals surface area contributed by atoms with E-state index in [0.29, 0.717) is 17.8 Å². The predicted octanol–water partition coefficient (Wildman–Crippen LogP) is 1.96. The Hall–Kier alpha value is -2.17. The Labute approximate surface area is 124 Å². The lowest BCUT2D eigenvalue weighted by atomic mass is 9.89. The van der Waals surface area contributed by atoms with Gasteiger partial charge in [0.15, 0.2) is 0 Å². The first-order chi connectivity index (χ1) is 9.86. The maximum atomic E-state index is 12.1. The van der Waals surface area contributed by atoms with Gasteiger partial charge in [0.2, 0.25) is 0 Å². The second kappa shape index (κ2) is 5.68. The van der Waals surface area contributed by atoms with E-state index in [2.05, 4.69) is 10.3 Å². The fourth-order valence-corrected chi connectivity index (χ4v) is 2.21. The number of nitrogens with zero attached hydrogens (tertiary/aromatic N) is 1. The molecular formula is C16H20N2O3. The van der Waals surface area contributed by atoms with Gasteiger partial charge in [-0.2, -0.15) is 0 Å². The number of amidine groups is 1. The minimum Gasteiger partial charge on any atom is -0.465 e. The molecule has 1 N–H and O–H groups in total. The second-order valence-corrected chi connectivity index (χ2v) is 5.68. The number of amides is 1. The summed E-state index contributed by atoms with van der Waals surface area (Å²) >= 11 is 0. The normalized spacial score (nSPS) is 21.2. The molecular weight excluding hydrogens is 268 g/mol. The SMILES string of the molecule is COC(=O)c1cccc(CC2=NC(C)(C(C)C)C(=O)N2)c1. The molecule has 0 aromatic heterocycles. The highest BCUT2D eigenvalue weighted by Crippen LogP contribution is 2.26. The van der Waals surface area contributed by atoms with Crippen molar-refractivity contribution in [3.63, 3.8) is 0 Å². The van der Waals surface area contributed by atoms with Crippen molar-refractivity contribution in [3.05, 3.63) is 35.4 Å². The van der Waals surface area contributed by atoms with Gasteiger partial charge in [0, 0.05) is 6.42 Å². The Morgan fingerprint density at radius 1 is 1.43 bits per heavy atom. The number of hydrogen-bond acceptors (Lipinski definition) is 4. The van der Waals surface area contributed by atoms with E-state index >= 15 is 0 Å². The number of nitrogens with one attached hydrogen (secondary N) is 1. The number of benzene rings is 1. The first-order valence-electron chi connectivity index (χ1n) is 6.94. The molecule has 1 aromatic rings. The number of hydrogen-bond donors (Lipinski definition) is 1. The maximum Gasteiger partial charge on any atom is 0.337 e. The van der Waals surface area contributed by atoms with Crippen LogP contribution in [0.15, 0.2) is 29.3 Å². The van der Waals surface area contributed by atoms with Crippen LogP contribution in [0.25, 0.3) is 0 Å². The molecule has 0 saturated carbocycles. The average Bonchev–Trinajstić information content (AvgIpc) is 2.74. The van der Waals surface area contributed by atoms with Crippen molar-refractivity contribution in [2.45, 2.75) is 32.7 Å². The van der Waals surface area contributed by atoms with Gasteiger partial charge in [-0.25, -0.2) is 4.79 Å². The summed E-state index contributed by atoms with van der Waals surface area (Å²) in [5.41, 5.74) is 0.687.